The Morgan fingerprint density at radius 3 is 3.11 bits per heavy atom. The quantitative estimate of drug-likeness (QED) is 0.815. The maximum absolute atomic E-state index is 12.2. The van der Waals surface area contributed by atoms with Gasteiger partial charge in [-0.25, -0.2) is 4.57 Å². The van der Waals surface area contributed by atoms with Gasteiger partial charge in [-0.05, 0) is 0 Å². The molecule has 5 heteroatoms. The highest BCUT2D eigenvalue weighted by atomic mass is 16.1. The number of nitrogens with zero attached hydrogens (tertiary/aromatic N) is 3. The summed E-state index contributed by atoms with van der Waals surface area (Å²) >= 11 is 0. The van der Waals surface area contributed by atoms with Crippen LogP contribution in [0.15, 0.2) is 18.5 Å². The van der Waals surface area contributed by atoms with E-state index in [9.17, 15) is 4.79 Å². The number of carbonyl (C=O) groups excluding carboxylic acids is 1. The molecule has 3 rings (SSSR count). The Labute approximate surface area is 110 Å². The number of ketones is 1. The Bertz CT molecular complexity index is 764. The fourth-order valence-corrected chi connectivity index (χ4v) is 2.66. The molecule has 0 bridgehead atoms. The summed E-state index contributed by atoms with van der Waals surface area (Å²) in [7, 11) is 1.92. The van der Waals surface area contributed by atoms with Crippen LogP contribution in [-0.4, -0.2) is 16.1 Å². The Balaban J connectivity index is 2.33. The lowest BCUT2D eigenvalue weighted by molar-refractivity contribution is -0.677. The third-order valence-electron chi connectivity index (χ3n) is 3.60. The Morgan fingerprint density at radius 2 is 2.37 bits per heavy atom. The lowest BCUT2D eigenvalue weighted by atomic mass is 9.95. The van der Waals surface area contributed by atoms with E-state index in [0.717, 1.165) is 16.5 Å². The minimum atomic E-state index is -0.216. The molecule has 2 aromatic rings. The molecule has 94 valence electrons. The fraction of sp³-hybridized carbons (Fsp3) is 0.286. The normalized spacial score (nSPS) is 13.9. The van der Waals surface area contributed by atoms with Gasteiger partial charge in [0.05, 0.1) is 30.0 Å². The van der Waals surface area contributed by atoms with Crippen molar-refractivity contribution in [1.29, 1.82) is 10.7 Å². The first kappa shape index (κ1) is 11.6. The van der Waals surface area contributed by atoms with Crippen molar-refractivity contribution in [2.45, 2.75) is 19.4 Å². The van der Waals surface area contributed by atoms with Gasteiger partial charge in [0, 0.05) is 24.2 Å². The predicted octanol–water partition coefficient (Wildman–Crippen LogP) is 1.14. The highest BCUT2D eigenvalue weighted by molar-refractivity contribution is 6.48. The van der Waals surface area contributed by atoms with Crippen molar-refractivity contribution in [3.05, 3.63) is 29.8 Å². The van der Waals surface area contributed by atoms with Crippen molar-refractivity contribution >= 4 is 22.3 Å². The molecule has 5 nitrogen and oxygen atoms in total. The first-order chi connectivity index (χ1) is 9.13. The molecule has 0 radical (unpaired) electrons. The topological polar surface area (TPSA) is 73.5 Å². The number of hydrogen-bond donors (Lipinski definition) is 1. The highest BCUT2D eigenvalue weighted by Crippen LogP contribution is 2.28. The predicted molar refractivity (Wildman–Crippen MR) is 69.1 cm³/mol. The zero-order valence-electron chi connectivity index (χ0n) is 10.6. The van der Waals surface area contributed by atoms with Crippen LogP contribution in [0.2, 0.25) is 0 Å². The van der Waals surface area contributed by atoms with Crippen molar-refractivity contribution in [1.82, 2.24) is 4.57 Å². The molecule has 2 aromatic heterocycles. The van der Waals surface area contributed by atoms with E-state index in [-0.39, 0.29) is 11.5 Å². The third kappa shape index (κ3) is 1.57. The van der Waals surface area contributed by atoms with E-state index < -0.39 is 0 Å². The zero-order valence-corrected chi connectivity index (χ0v) is 10.6. The van der Waals surface area contributed by atoms with Crippen LogP contribution in [0.4, 0.5) is 0 Å². The molecule has 2 heterocycles. The van der Waals surface area contributed by atoms with Crippen molar-refractivity contribution in [2.24, 2.45) is 7.05 Å². The summed E-state index contributed by atoms with van der Waals surface area (Å²) in [5.41, 5.74) is 1.67. The molecule has 19 heavy (non-hydrogen) atoms. The molecule has 1 aliphatic carbocycles. The molecule has 0 saturated carbocycles. The maximum atomic E-state index is 12.2. The van der Waals surface area contributed by atoms with Crippen LogP contribution in [-0.2, 0) is 20.0 Å². The number of nitriles is 1. The number of aryl methyl sites for hydroxylation is 2. The van der Waals surface area contributed by atoms with Gasteiger partial charge in [-0.3, -0.25) is 4.79 Å². The van der Waals surface area contributed by atoms with Gasteiger partial charge in [0.2, 0.25) is 5.78 Å². The zero-order chi connectivity index (χ0) is 13.6. The van der Waals surface area contributed by atoms with Crippen molar-refractivity contribution in [2.75, 3.05) is 0 Å². The lowest BCUT2D eigenvalue weighted by Crippen LogP contribution is -2.38. The largest absolute Gasteiger partial charge is 0.342 e. The summed E-state index contributed by atoms with van der Waals surface area (Å²) < 4.78 is 3.77. The summed E-state index contributed by atoms with van der Waals surface area (Å²) in [6, 6.07) is 4.06. The first-order valence-electron chi connectivity index (χ1n) is 6.13. The fourth-order valence-electron chi connectivity index (χ4n) is 2.66. The Morgan fingerprint density at radius 1 is 1.58 bits per heavy atom. The summed E-state index contributed by atoms with van der Waals surface area (Å²) in [5.74, 6) is -0.216. The van der Waals surface area contributed by atoms with Gasteiger partial charge in [-0.15, -0.1) is 0 Å². The number of Topliss-reactive ketones (excluding diaryl/α,β-unsaturated/α-hetero) is 1. The minimum Gasteiger partial charge on any atom is -0.342 e. The van der Waals surface area contributed by atoms with Gasteiger partial charge < -0.3 is 9.98 Å². The van der Waals surface area contributed by atoms with Crippen LogP contribution in [0.3, 0.4) is 0 Å². The number of aromatic nitrogens is 2. The number of pyridine rings is 1. The minimum absolute atomic E-state index is 0.118. The second-order valence-electron chi connectivity index (χ2n) is 4.77. The van der Waals surface area contributed by atoms with E-state index >= 15 is 0 Å². The average Bonchev–Trinajstić information content (AvgIpc) is 2.76. The van der Waals surface area contributed by atoms with Crippen LogP contribution in [0.5, 0.6) is 0 Å². The number of rotatable bonds is 2. The van der Waals surface area contributed by atoms with E-state index in [1.165, 1.54) is 0 Å². The molecule has 0 fully saturated rings. The van der Waals surface area contributed by atoms with Gasteiger partial charge in [0.1, 0.15) is 12.7 Å². The summed E-state index contributed by atoms with van der Waals surface area (Å²) in [5, 5.41) is 18.5. The van der Waals surface area contributed by atoms with Crippen LogP contribution < -0.4 is 4.57 Å². The smallest absolute Gasteiger partial charge is 0.224 e. The number of carbonyl (C=O) groups is 1. The molecular weight excluding hydrogens is 240 g/mol. The number of nitrogens with one attached hydrogen (secondary N) is 1. The molecule has 0 spiro atoms. The van der Waals surface area contributed by atoms with Crippen LogP contribution in [0, 0.1) is 16.7 Å². The van der Waals surface area contributed by atoms with E-state index in [1.54, 1.807) is 0 Å². The maximum Gasteiger partial charge on any atom is 0.224 e. The van der Waals surface area contributed by atoms with E-state index in [1.807, 2.05) is 34.6 Å². The van der Waals surface area contributed by atoms with Gasteiger partial charge >= 0.3 is 0 Å². The summed E-state index contributed by atoms with van der Waals surface area (Å²) in [6.07, 6.45) is 4.58. The Kier molecular flexibility index (Phi) is 2.46. The summed E-state index contributed by atoms with van der Waals surface area (Å²) in [4.78, 5) is 12.2. The molecular formula is C14H13N4O+. The second-order valence-corrected chi connectivity index (χ2v) is 4.77. The lowest BCUT2D eigenvalue weighted by Gasteiger charge is -2.13. The van der Waals surface area contributed by atoms with Gasteiger partial charge in [0.25, 0.3) is 0 Å². The van der Waals surface area contributed by atoms with Crippen molar-refractivity contribution in [3.8, 4) is 6.07 Å². The molecule has 0 aromatic carbocycles. The molecule has 0 unspecified atom stereocenters. The third-order valence-corrected chi connectivity index (χ3v) is 3.60. The molecule has 0 atom stereocenters. The van der Waals surface area contributed by atoms with Crippen molar-refractivity contribution < 1.29 is 9.36 Å². The summed E-state index contributed by atoms with van der Waals surface area (Å²) in [6.45, 7) is 0.489. The molecule has 1 aliphatic rings. The molecule has 0 aliphatic heterocycles. The van der Waals surface area contributed by atoms with E-state index in [4.69, 9.17) is 10.7 Å². The second kappa shape index (κ2) is 4.02. The van der Waals surface area contributed by atoms with Gasteiger partial charge in [-0.1, -0.05) is 0 Å². The highest BCUT2D eigenvalue weighted by Gasteiger charge is 2.32. The van der Waals surface area contributed by atoms with Crippen molar-refractivity contribution in [3.63, 3.8) is 0 Å². The molecule has 0 amide bonds. The number of hydrogen-bond acceptors (Lipinski definition) is 3. The monoisotopic (exact) mass is 253 g/mol. The Hall–Kier alpha value is -2.48. The van der Waals surface area contributed by atoms with E-state index in [2.05, 4.69) is 6.07 Å². The average molecular weight is 253 g/mol. The first-order valence-corrected chi connectivity index (χ1v) is 6.13. The van der Waals surface area contributed by atoms with Crippen LogP contribution in [0.1, 0.15) is 22.6 Å². The van der Waals surface area contributed by atoms with Crippen LogP contribution >= 0.6 is 0 Å². The SMILES string of the molecule is C[n+]1ccc2cn(CCC#N)c3c2c1CC(=N)C3=O. The standard InChI is InChI=1S/C14H13N4O/c1-17-6-3-9-8-18(5-2-4-15)13-12(9)11(17)7-10(16)14(13)19/h3,6,8,16H,2,5,7H2,1H3/q+1. The van der Waals surface area contributed by atoms with Gasteiger partial charge in [0.15, 0.2) is 11.9 Å². The van der Waals surface area contributed by atoms with Crippen LogP contribution in [0.25, 0.3) is 10.8 Å². The molecule has 1 N–H and O–H groups in total. The molecule has 0 saturated heterocycles. The van der Waals surface area contributed by atoms with Gasteiger partial charge in [-0.2, -0.15) is 5.26 Å². The van der Waals surface area contributed by atoms with E-state index in [0.29, 0.717) is 25.1 Å².